The Labute approximate surface area is 646 Å². The number of ether oxygens (including phenoxy) is 10. The summed E-state index contributed by atoms with van der Waals surface area (Å²) in [5.41, 5.74) is 3.03. The van der Waals surface area contributed by atoms with Gasteiger partial charge in [-0.25, -0.2) is 19.4 Å². The Morgan fingerprint density at radius 2 is 1.01 bits per heavy atom. The number of aliphatic hydroxyl groups excluding tert-OH is 2. The van der Waals surface area contributed by atoms with Crippen LogP contribution in [0.25, 0.3) is 0 Å². The van der Waals surface area contributed by atoms with E-state index in [2.05, 4.69) is 69.0 Å². The Morgan fingerprint density at radius 1 is 0.546 bits per heavy atom. The number of esters is 4. The molecule has 0 heterocycles. The number of Topliss-reactive ketones (excluding diaryl/α,β-unsaturated/α-hetero) is 1. The van der Waals surface area contributed by atoms with Gasteiger partial charge < -0.3 is 78.3 Å². The van der Waals surface area contributed by atoms with Gasteiger partial charge in [0.2, 0.25) is 17.7 Å². The monoisotopic (exact) mass is 1540 g/mol. The molecule has 0 aromatic heterocycles. The minimum atomic E-state index is -1.11. The molecule has 3 amide bonds. The number of amides is 3. The molecule has 27 nitrogen and oxygen atoms in total. The number of aliphatic hydroxyl groups is 2. The molecular formula is C81H141N3O24. The van der Waals surface area contributed by atoms with Gasteiger partial charge in [0.1, 0.15) is 36.6 Å². The second-order valence-corrected chi connectivity index (χ2v) is 28.9. The molecule has 0 saturated heterocycles. The molecule has 1 saturated carbocycles. The van der Waals surface area contributed by atoms with Crippen LogP contribution in [0.4, 0.5) is 11.4 Å². The molecular weight excluding hydrogens is 1400 g/mol. The zero-order valence-electron chi connectivity index (χ0n) is 69.6. The molecule has 0 radical (unpaired) electrons. The normalized spacial score (nSPS) is 14.6. The third-order valence-corrected chi connectivity index (χ3v) is 17.6. The van der Waals surface area contributed by atoms with Crippen molar-refractivity contribution in [3.05, 3.63) is 84.0 Å². The first-order valence-electron chi connectivity index (χ1n) is 37.1. The predicted molar refractivity (Wildman–Crippen MR) is 419 cm³/mol. The zero-order valence-corrected chi connectivity index (χ0v) is 69.6. The zero-order chi connectivity index (χ0) is 83.5. The molecule has 6 atom stereocenters. The average molecular weight is 1540 g/mol. The number of benzene rings is 2. The van der Waals surface area contributed by atoms with E-state index >= 15 is 0 Å². The largest absolute Gasteiger partial charge is 0.469 e. The maximum Gasteiger partial charge on any atom is 0.333 e. The SMILES string of the molecule is C=C(C)C(=O)OCC(O)COC(=O)C(C)(COC)COC.C=C(C)C(=O)OCC1CCC(C(OO)C(C)(C)CC)C(O)C1.CC(=O)CCCCCCCNC(C)=O.CC(=O)Nc1ccc(Cc2ccc(NC(C)=O)cc2)cc1.CCC(C)(C)C(=O)OC.CCC(C)(C)C(CCOCCOC)OO.COCCOC. The standard InChI is InChI=1S/C17H18N2O2.C17H30O5.C14H24O7.C11H21NO2.C11H24O4.C7H14O2.C4H10O2/c1-12(20)18-16-7-3-14(4-8-16)11-15-5-9-17(10-6-15)19-13(2)21;1-6-17(4,5)15(22-20)13-8-7-12(9-14(13)18)10-21-16(19)11(2)3;1-10(2)12(16)20-6-11(15)7-21-13(17)14(3,8-18-4)9-19-5;1-10(13)8-6-4-3-5-7-9-12-11(2)14;1-5-11(2,3)10(15-12)6-7-14-9-8-13-4;1-5-7(2,3)6(8)9-4;1-5-3-4-6-2/h3-10H,11H2,1-2H3,(H,18,20)(H,19,21);12-15,18,20H,2,6-10H2,1,3-5H3;11,15H,1,6-9H2,2-5H3;3-9H2,1-2H3,(H,12,14);10,12H,5-9H2,1-4H3;5H2,1-4H3;3-4H2,1-2H3. The summed E-state index contributed by atoms with van der Waals surface area (Å²) in [6, 6.07) is 15.5. The van der Waals surface area contributed by atoms with E-state index in [1.807, 2.05) is 90.1 Å². The van der Waals surface area contributed by atoms with Crippen LogP contribution in [0.3, 0.4) is 0 Å². The number of methoxy groups -OCH3 is 6. The average Bonchev–Trinajstić information content (AvgIpc) is 0.811. The highest BCUT2D eigenvalue weighted by molar-refractivity contribution is 5.89. The summed E-state index contributed by atoms with van der Waals surface area (Å²) in [5, 5.41) is 46.4. The lowest BCUT2D eigenvalue weighted by molar-refractivity contribution is -0.322. The van der Waals surface area contributed by atoms with Crippen LogP contribution < -0.4 is 16.0 Å². The number of hydrogen-bond donors (Lipinski definition) is 7. The van der Waals surface area contributed by atoms with Gasteiger partial charge in [-0.2, -0.15) is 0 Å². The van der Waals surface area contributed by atoms with Crippen molar-refractivity contribution in [1.29, 1.82) is 0 Å². The summed E-state index contributed by atoms with van der Waals surface area (Å²) in [5.74, 6) is -1.48. The van der Waals surface area contributed by atoms with Gasteiger partial charge in [0, 0.05) is 111 Å². The highest BCUT2D eigenvalue weighted by Gasteiger charge is 2.43. The number of carbonyl (C=O) groups excluding carboxylic acids is 8. The summed E-state index contributed by atoms with van der Waals surface area (Å²) in [6.45, 7) is 39.8. The topological polar surface area (TPSA) is 364 Å². The van der Waals surface area contributed by atoms with Crippen LogP contribution in [0.5, 0.6) is 0 Å². The number of ketones is 1. The molecule has 1 aliphatic carbocycles. The quantitative estimate of drug-likeness (QED) is 0.00810. The fraction of sp³-hybridized carbons (Fsp3) is 0.704. The van der Waals surface area contributed by atoms with Gasteiger partial charge >= 0.3 is 23.9 Å². The Bertz CT molecular complexity index is 2690. The van der Waals surface area contributed by atoms with E-state index in [0.29, 0.717) is 64.5 Å². The van der Waals surface area contributed by atoms with Crippen molar-refractivity contribution < 1.29 is 116 Å². The lowest BCUT2D eigenvalue weighted by atomic mass is 9.69. The molecule has 0 spiro atoms. The van der Waals surface area contributed by atoms with Gasteiger partial charge in [-0.15, -0.1) is 0 Å². The van der Waals surface area contributed by atoms with E-state index in [0.717, 1.165) is 99.7 Å². The van der Waals surface area contributed by atoms with Crippen LogP contribution in [-0.2, 0) is 102 Å². The van der Waals surface area contributed by atoms with Crippen molar-refractivity contribution in [2.45, 2.75) is 225 Å². The predicted octanol–water partition coefficient (Wildman–Crippen LogP) is 12.9. The van der Waals surface area contributed by atoms with Crippen LogP contribution >= 0.6 is 0 Å². The maximum absolute atomic E-state index is 12.0. The molecule has 6 unspecified atom stereocenters. The summed E-state index contributed by atoms with van der Waals surface area (Å²) < 4.78 is 48.9. The summed E-state index contributed by atoms with van der Waals surface area (Å²) in [7, 11) is 9.29. The first-order chi connectivity index (χ1) is 50.7. The second-order valence-electron chi connectivity index (χ2n) is 28.9. The Balaban J connectivity index is -0.000000602. The minimum Gasteiger partial charge on any atom is -0.469 e. The number of hydrogen-bond acceptors (Lipinski definition) is 24. The van der Waals surface area contributed by atoms with Crippen molar-refractivity contribution in [3.63, 3.8) is 0 Å². The van der Waals surface area contributed by atoms with Gasteiger partial charge in [-0.05, 0) is 151 Å². The molecule has 108 heavy (non-hydrogen) atoms. The second kappa shape index (κ2) is 63.1. The number of anilines is 2. The van der Waals surface area contributed by atoms with Crippen LogP contribution in [-0.4, -0.2) is 208 Å². The van der Waals surface area contributed by atoms with E-state index in [1.165, 1.54) is 49.0 Å². The smallest absolute Gasteiger partial charge is 0.333 e. The first kappa shape index (κ1) is 108. The fourth-order valence-corrected chi connectivity index (χ4v) is 9.75. The van der Waals surface area contributed by atoms with Gasteiger partial charge in [0.15, 0.2) is 0 Å². The van der Waals surface area contributed by atoms with E-state index in [-0.39, 0.29) is 102 Å². The molecule has 0 aliphatic heterocycles. The molecule has 0 bridgehead atoms. The van der Waals surface area contributed by atoms with Crippen molar-refractivity contribution >= 4 is 58.8 Å². The molecule has 3 rings (SSSR count). The molecule has 27 heteroatoms. The molecule has 1 aliphatic rings. The van der Waals surface area contributed by atoms with Gasteiger partial charge in [0.05, 0.1) is 71.0 Å². The molecule has 1 fully saturated rings. The van der Waals surface area contributed by atoms with Crippen molar-refractivity contribution in [1.82, 2.24) is 5.32 Å². The minimum absolute atomic E-state index is 0.0284. The van der Waals surface area contributed by atoms with E-state index in [9.17, 15) is 53.8 Å². The maximum atomic E-state index is 12.0. The molecule has 2 aromatic rings. The highest BCUT2D eigenvalue weighted by Crippen LogP contribution is 2.40. The number of unbranched alkanes of at least 4 members (excludes halogenated alkanes) is 4. The van der Waals surface area contributed by atoms with Crippen LogP contribution in [0.1, 0.15) is 205 Å². The first-order valence-corrected chi connectivity index (χ1v) is 37.1. The Morgan fingerprint density at radius 3 is 1.40 bits per heavy atom. The van der Waals surface area contributed by atoms with Crippen LogP contribution in [0.2, 0.25) is 0 Å². The Kier molecular flexibility index (Phi) is 62.9. The van der Waals surface area contributed by atoms with Gasteiger partial charge in [-0.3, -0.25) is 34.5 Å². The lowest BCUT2D eigenvalue weighted by Gasteiger charge is -2.42. The summed E-state index contributed by atoms with van der Waals surface area (Å²) in [4.78, 5) is 97.6. The van der Waals surface area contributed by atoms with Crippen LogP contribution in [0, 0.1) is 33.5 Å². The van der Waals surface area contributed by atoms with E-state index in [1.54, 1.807) is 42.1 Å². The summed E-state index contributed by atoms with van der Waals surface area (Å²) >= 11 is 0. The summed E-state index contributed by atoms with van der Waals surface area (Å²) in [6.07, 6.45) is 10.2. The Hall–Kier alpha value is -6.60. The molecule has 2 aromatic carbocycles. The molecule has 7 N–H and O–H groups in total. The van der Waals surface area contributed by atoms with Gasteiger partial charge in [0.25, 0.3) is 0 Å². The van der Waals surface area contributed by atoms with E-state index in [4.69, 9.17) is 43.3 Å². The fourth-order valence-electron chi connectivity index (χ4n) is 9.75. The van der Waals surface area contributed by atoms with Crippen molar-refractivity contribution in [3.8, 4) is 0 Å². The van der Waals surface area contributed by atoms with Gasteiger partial charge in [-0.1, -0.05) is 105 Å². The van der Waals surface area contributed by atoms with E-state index < -0.39 is 35.7 Å². The number of carbonyl (C=O) groups is 8. The van der Waals surface area contributed by atoms with Crippen molar-refractivity contribution in [2.24, 2.45) is 33.5 Å². The molecule has 624 valence electrons. The third kappa shape index (κ3) is 54.1. The van der Waals surface area contributed by atoms with Crippen LogP contribution in [0.15, 0.2) is 72.8 Å². The third-order valence-electron chi connectivity index (χ3n) is 17.6. The highest BCUT2D eigenvalue weighted by atomic mass is 17.1. The number of nitrogens with one attached hydrogen (secondary N) is 3. The number of rotatable bonds is 43. The van der Waals surface area contributed by atoms with Crippen molar-refractivity contribution in [2.75, 3.05) is 126 Å². The lowest BCUT2D eigenvalue weighted by Crippen LogP contribution is -2.46.